The quantitative estimate of drug-likeness (QED) is 0.386. The highest BCUT2D eigenvalue weighted by Crippen LogP contribution is 2.40. The van der Waals surface area contributed by atoms with Crippen molar-refractivity contribution in [3.8, 4) is 0 Å². The summed E-state index contributed by atoms with van der Waals surface area (Å²) >= 11 is 2.86. The van der Waals surface area contributed by atoms with Gasteiger partial charge in [-0.15, -0.1) is 11.3 Å². The number of thiophene rings is 1. The van der Waals surface area contributed by atoms with E-state index >= 15 is 0 Å². The lowest BCUT2D eigenvalue weighted by Gasteiger charge is -2.30. The summed E-state index contributed by atoms with van der Waals surface area (Å²) in [7, 11) is 0. The van der Waals surface area contributed by atoms with Gasteiger partial charge in [0.1, 0.15) is 17.0 Å². The largest absolute Gasteiger partial charge is 0.465 e. The lowest BCUT2D eigenvalue weighted by Crippen LogP contribution is -2.40. The fourth-order valence-corrected chi connectivity index (χ4v) is 6.45. The summed E-state index contributed by atoms with van der Waals surface area (Å²) in [4.78, 5) is 38.7. The highest BCUT2D eigenvalue weighted by atomic mass is 32.1. The van der Waals surface area contributed by atoms with Crippen LogP contribution in [0.5, 0.6) is 0 Å². The van der Waals surface area contributed by atoms with Crippen LogP contribution in [-0.4, -0.2) is 43.6 Å². The number of rotatable bonds is 5. The first kappa shape index (κ1) is 20.9. The number of aromatic nitrogens is 3. The number of nitrogens with one attached hydrogen (secondary N) is 2. The molecule has 1 atom stereocenters. The van der Waals surface area contributed by atoms with Crippen LogP contribution in [0.3, 0.4) is 0 Å². The highest BCUT2D eigenvalue weighted by molar-refractivity contribution is 7.19. The van der Waals surface area contributed by atoms with Gasteiger partial charge in [-0.1, -0.05) is 11.3 Å². The van der Waals surface area contributed by atoms with E-state index in [0.717, 1.165) is 51.2 Å². The van der Waals surface area contributed by atoms with E-state index in [1.807, 2.05) is 32.0 Å². The van der Waals surface area contributed by atoms with Crippen LogP contribution < -0.4 is 10.2 Å². The van der Waals surface area contributed by atoms with Crippen molar-refractivity contribution >= 4 is 60.7 Å². The van der Waals surface area contributed by atoms with Crippen LogP contribution >= 0.6 is 22.7 Å². The fraction of sp³-hybridized carbons (Fsp3) is 0.364. The molecule has 3 N–H and O–H groups in total. The maximum atomic E-state index is 11.6. The molecule has 0 aliphatic heterocycles. The third-order valence-corrected chi connectivity index (χ3v) is 7.96. The Morgan fingerprint density at radius 3 is 2.97 bits per heavy atom. The van der Waals surface area contributed by atoms with Crippen molar-refractivity contribution in [2.45, 2.75) is 39.2 Å². The molecule has 0 saturated heterocycles. The molecule has 1 aliphatic carbocycles. The molecule has 0 saturated carbocycles. The van der Waals surface area contributed by atoms with E-state index in [2.05, 4.69) is 20.3 Å². The van der Waals surface area contributed by atoms with Crippen molar-refractivity contribution in [3.63, 3.8) is 0 Å². The Balaban J connectivity index is 1.44. The first-order chi connectivity index (χ1) is 15.4. The monoisotopic (exact) mass is 469 g/mol. The maximum Gasteiger partial charge on any atom is 0.407 e. The molecule has 0 spiro atoms. The van der Waals surface area contributed by atoms with Crippen molar-refractivity contribution in [2.24, 2.45) is 5.92 Å². The maximum absolute atomic E-state index is 11.6. The van der Waals surface area contributed by atoms with Crippen molar-refractivity contribution in [1.82, 2.24) is 19.9 Å². The molecule has 32 heavy (non-hydrogen) atoms. The van der Waals surface area contributed by atoms with Crippen molar-refractivity contribution < 1.29 is 9.90 Å². The second kappa shape index (κ2) is 8.18. The van der Waals surface area contributed by atoms with Gasteiger partial charge in [0.2, 0.25) is 0 Å². The van der Waals surface area contributed by atoms with Crippen LogP contribution in [0.2, 0.25) is 0 Å². The Bertz CT molecular complexity index is 1370. The molecule has 0 fully saturated rings. The molecule has 10 heteroatoms. The number of anilines is 2. The number of carbonyl (C=O) groups is 1. The second-order valence-corrected chi connectivity index (χ2v) is 10.5. The number of hydrogen-bond donors (Lipinski definition) is 3. The molecule has 8 nitrogen and oxygen atoms in total. The van der Waals surface area contributed by atoms with Gasteiger partial charge in [-0.2, -0.15) is 0 Å². The Morgan fingerprint density at radius 1 is 1.34 bits per heavy atom. The zero-order valence-electron chi connectivity index (χ0n) is 17.7. The number of H-pyrrole nitrogens is 1. The summed E-state index contributed by atoms with van der Waals surface area (Å²) in [6.45, 7) is 4.38. The standard InChI is InChI=1S/C22H23N5O3S2/c1-11(2)27(22(29)30)9-12-3-5-14-16(7-12)31-20-18(14)19(23-10-24-20)25-13-4-6-15-17(8-13)32-21(28)26-15/h4,6,8,10-12H,3,5,7,9H2,1-2H3,(H,26,28)(H,29,30)(H,23,24,25). The van der Waals surface area contributed by atoms with Crippen molar-refractivity contribution in [3.05, 3.63) is 44.6 Å². The molecule has 1 amide bonds. The molecule has 0 radical (unpaired) electrons. The van der Waals surface area contributed by atoms with Crippen molar-refractivity contribution in [1.29, 1.82) is 0 Å². The van der Waals surface area contributed by atoms with Gasteiger partial charge in [0.25, 0.3) is 0 Å². The van der Waals surface area contributed by atoms with Crippen LogP contribution in [0.25, 0.3) is 20.4 Å². The molecule has 166 valence electrons. The smallest absolute Gasteiger partial charge is 0.407 e. The number of aryl methyl sites for hydroxylation is 1. The average Bonchev–Trinajstić information content (AvgIpc) is 3.30. The van der Waals surface area contributed by atoms with Gasteiger partial charge in [0.15, 0.2) is 0 Å². The summed E-state index contributed by atoms with van der Waals surface area (Å²) in [6.07, 6.45) is 3.39. The number of nitrogens with zero attached hydrogens (tertiary/aromatic N) is 3. The zero-order chi connectivity index (χ0) is 22.4. The van der Waals surface area contributed by atoms with Crippen LogP contribution in [0.1, 0.15) is 30.7 Å². The summed E-state index contributed by atoms with van der Waals surface area (Å²) in [5.41, 5.74) is 2.97. The number of aromatic amines is 1. The topological polar surface area (TPSA) is 111 Å². The van der Waals surface area contributed by atoms with Gasteiger partial charge >= 0.3 is 11.0 Å². The lowest BCUT2D eigenvalue weighted by atomic mass is 9.87. The van der Waals surface area contributed by atoms with E-state index in [-0.39, 0.29) is 10.9 Å². The third-order valence-electron chi connectivity index (χ3n) is 5.96. The third kappa shape index (κ3) is 3.84. The predicted octanol–water partition coefficient (Wildman–Crippen LogP) is 4.83. The SMILES string of the molecule is CC(C)N(CC1CCc2c(sc3ncnc(Nc4ccc5[nH]c(=O)sc5c4)c23)C1)C(=O)O. The molecular weight excluding hydrogens is 446 g/mol. The number of amides is 1. The molecule has 5 rings (SSSR count). The molecule has 3 aromatic heterocycles. The minimum Gasteiger partial charge on any atom is -0.465 e. The minimum atomic E-state index is -0.857. The van der Waals surface area contributed by atoms with Gasteiger partial charge in [-0.25, -0.2) is 14.8 Å². The van der Waals surface area contributed by atoms with Gasteiger partial charge in [-0.05, 0) is 62.8 Å². The van der Waals surface area contributed by atoms with Gasteiger partial charge in [0.05, 0.1) is 15.6 Å². The first-order valence-corrected chi connectivity index (χ1v) is 12.2. The zero-order valence-corrected chi connectivity index (χ0v) is 19.3. The molecule has 1 aliphatic rings. The van der Waals surface area contributed by atoms with E-state index in [0.29, 0.717) is 12.5 Å². The minimum absolute atomic E-state index is 0.0334. The molecular formula is C22H23N5O3S2. The second-order valence-electron chi connectivity index (χ2n) is 8.39. The first-order valence-electron chi connectivity index (χ1n) is 10.5. The van der Waals surface area contributed by atoms with Gasteiger partial charge in [0, 0.05) is 23.2 Å². The average molecular weight is 470 g/mol. The van der Waals surface area contributed by atoms with E-state index < -0.39 is 6.09 Å². The van der Waals surface area contributed by atoms with E-state index in [1.165, 1.54) is 26.7 Å². The number of carboxylic acid groups (broad SMARTS) is 1. The molecule has 1 aromatic carbocycles. The van der Waals surface area contributed by atoms with Crippen LogP contribution in [-0.2, 0) is 12.8 Å². The van der Waals surface area contributed by atoms with Crippen LogP contribution in [0.4, 0.5) is 16.3 Å². The Kier molecular flexibility index (Phi) is 5.34. The normalized spacial score (nSPS) is 15.9. The lowest BCUT2D eigenvalue weighted by molar-refractivity contribution is 0.120. The summed E-state index contributed by atoms with van der Waals surface area (Å²) in [6, 6.07) is 5.74. The Hall–Kier alpha value is -2.98. The van der Waals surface area contributed by atoms with Crippen LogP contribution in [0, 0.1) is 5.92 Å². The summed E-state index contributed by atoms with van der Waals surface area (Å²) in [5.74, 6) is 1.07. The molecule has 4 aromatic rings. The summed E-state index contributed by atoms with van der Waals surface area (Å²) < 4.78 is 0.897. The van der Waals surface area contributed by atoms with E-state index in [4.69, 9.17) is 0 Å². The molecule has 3 heterocycles. The highest BCUT2D eigenvalue weighted by Gasteiger charge is 2.28. The molecule has 1 unspecified atom stereocenters. The number of thiazole rings is 1. The summed E-state index contributed by atoms with van der Waals surface area (Å²) in [5, 5.41) is 14.0. The van der Waals surface area contributed by atoms with Gasteiger partial charge < -0.3 is 20.3 Å². The molecule has 0 bridgehead atoms. The number of hydrogen-bond acceptors (Lipinski definition) is 7. The van der Waals surface area contributed by atoms with E-state index in [1.54, 1.807) is 17.7 Å². The van der Waals surface area contributed by atoms with Gasteiger partial charge in [-0.3, -0.25) is 4.79 Å². The fourth-order valence-electron chi connectivity index (χ4n) is 4.38. The number of fused-ring (bicyclic) bond motifs is 4. The Morgan fingerprint density at radius 2 is 2.19 bits per heavy atom. The number of benzene rings is 1. The van der Waals surface area contributed by atoms with Crippen LogP contribution in [0.15, 0.2) is 29.3 Å². The van der Waals surface area contributed by atoms with Crippen molar-refractivity contribution in [2.75, 3.05) is 11.9 Å². The Labute approximate surface area is 191 Å². The van der Waals surface area contributed by atoms with E-state index in [9.17, 15) is 14.7 Å². The predicted molar refractivity (Wildman–Crippen MR) is 129 cm³/mol.